The molecule has 0 bridgehead atoms. The Hall–Kier alpha value is -0.650. The molecule has 0 radical (unpaired) electrons. The number of likely N-dealkylation sites (N-methyl/N-ethyl adjacent to an activating group) is 1. The van der Waals surface area contributed by atoms with Crippen molar-refractivity contribution in [3.63, 3.8) is 0 Å². The number of aliphatic carboxylic acids is 1. The molecule has 0 unspecified atom stereocenters. The monoisotopic (exact) mass is 343 g/mol. The van der Waals surface area contributed by atoms with E-state index < -0.39 is 12.1 Å². The Morgan fingerprint density at radius 3 is 2.29 bits per heavy atom. The van der Waals surface area contributed by atoms with Crippen LogP contribution < -0.4 is 0 Å². The van der Waals surface area contributed by atoms with Crippen LogP contribution in [0, 0.1) is 0 Å². The first-order valence-corrected chi connectivity index (χ1v) is 9.71. The van der Waals surface area contributed by atoms with Gasteiger partial charge in [-0.15, -0.1) is 0 Å². The van der Waals surface area contributed by atoms with Gasteiger partial charge in [0.15, 0.2) is 0 Å². The van der Waals surface area contributed by atoms with E-state index in [2.05, 4.69) is 18.9 Å². The third kappa shape index (κ3) is 8.45. The molecule has 142 valence electrons. The van der Waals surface area contributed by atoms with Gasteiger partial charge in [-0.25, -0.2) is 0 Å². The zero-order valence-corrected chi connectivity index (χ0v) is 15.5. The van der Waals surface area contributed by atoms with Gasteiger partial charge in [0, 0.05) is 12.1 Å². The number of aliphatic hydroxyl groups is 2. The molecule has 0 aromatic heterocycles. The van der Waals surface area contributed by atoms with Crippen molar-refractivity contribution in [2.24, 2.45) is 0 Å². The summed E-state index contributed by atoms with van der Waals surface area (Å²) in [7, 11) is 2.14. The number of hydrogen-bond donors (Lipinski definition) is 3. The van der Waals surface area contributed by atoms with Gasteiger partial charge in [-0.05, 0) is 39.7 Å². The molecule has 0 aromatic carbocycles. The lowest BCUT2D eigenvalue weighted by molar-refractivity contribution is -0.139. The SMILES string of the molecule is C[C@H]1[C@H](O)CC[C@@H](CCCCCCCCC[C@@H](O)CC(=O)O)N1C. The molecule has 0 aliphatic carbocycles. The van der Waals surface area contributed by atoms with Gasteiger partial charge in [0.25, 0.3) is 0 Å². The van der Waals surface area contributed by atoms with Crippen LogP contribution in [0.3, 0.4) is 0 Å². The van der Waals surface area contributed by atoms with Crippen molar-refractivity contribution in [3.8, 4) is 0 Å². The number of hydrogen-bond acceptors (Lipinski definition) is 4. The minimum absolute atomic E-state index is 0.134. The molecule has 5 heteroatoms. The van der Waals surface area contributed by atoms with Crippen LogP contribution in [0.15, 0.2) is 0 Å². The molecule has 0 spiro atoms. The summed E-state index contributed by atoms with van der Waals surface area (Å²) >= 11 is 0. The number of likely N-dealkylation sites (tertiary alicyclic amines) is 1. The highest BCUT2D eigenvalue weighted by molar-refractivity contribution is 5.67. The van der Waals surface area contributed by atoms with E-state index in [9.17, 15) is 15.0 Å². The highest BCUT2D eigenvalue weighted by Gasteiger charge is 2.30. The van der Waals surface area contributed by atoms with Crippen LogP contribution in [-0.2, 0) is 4.79 Å². The average Bonchev–Trinajstić information content (AvgIpc) is 2.52. The van der Waals surface area contributed by atoms with Crippen LogP contribution in [0.2, 0.25) is 0 Å². The van der Waals surface area contributed by atoms with E-state index in [1.165, 1.54) is 38.5 Å². The number of unbranched alkanes of at least 4 members (excludes halogenated alkanes) is 6. The summed E-state index contributed by atoms with van der Waals surface area (Å²) < 4.78 is 0. The third-order valence-electron chi connectivity index (χ3n) is 5.56. The molecule has 5 nitrogen and oxygen atoms in total. The van der Waals surface area contributed by atoms with E-state index in [0.717, 1.165) is 25.7 Å². The van der Waals surface area contributed by atoms with Crippen LogP contribution in [0.1, 0.15) is 84.0 Å². The molecule has 0 amide bonds. The second kappa shape index (κ2) is 11.8. The lowest BCUT2D eigenvalue weighted by Gasteiger charge is -2.41. The summed E-state index contributed by atoms with van der Waals surface area (Å²) in [5, 5.41) is 27.9. The Morgan fingerprint density at radius 2 is 1.67 bits per heavy atom. The van der Waals surface area contributed by atoms with Gasteiger partial charge in [-0.3, -0.25) is 9.69 Å². The molecule has 1 aliphatic heterocycles. The highest BCUT2D eigenvalue weighted by atomic mass is 16.4. The molecule has 4 atom stereocenters. The van der Waals surface area contributed by atoms with Gasteiger partial charge in [0.1, 0.15) is 0 Å². The second-order valence-electron chi connectivity index (χ2n) is 7.51. The fourth-order valence-electron chi connectivity index (χ4n) is 3.71. The maximum Gasteiger partial charge on any atom is 0.305 e. The van der Waals surface area contributed by atoms with Crippen molar-refractivity contribution in [1.82, 2.24) is 4.90 Å². The van der Waals surface area contributed by atoms with E-state index in [-0.39, 0.29) is 18.6 Å². The second-order valence-corrected chi connectivity index (χ2v) is 7.51. The van der Waals surface area contributed by atoms with E-state index in [0.29, 0.717) is 12.5 Å². The van der Waals surface area contributed by atoms with Gasteiger partial charge in [-0.1, -0.05) is 44.9 Å². The summed E-state index contributed by atoms with van der Waals surface area (Å²) in [5.74, 6) is -0.921. The van der Waals surface area contributed by atoms with E-state index in [1.54, 1.807) is 0 Å². The molecule has 3 N–H and O–H groups in total. The highest BCUT2D eigenvalue weighted by Crippen LogP contribution is 2.25. The minimum Gasteiger partial charge on any atom is -0.481 e. The lowest BCUT2D eigenvalue weighted by Crippen LogP contribution is -2.49. The van der Waals surface area contributed by atoms with Crippen LogP contribution in [0.25, 0.3) is 0 Å². The summed E-state index contributed by atoms with van der Waals surface area (Å²) in [6.45, 7) is 2.12. The lowest BCUT2D eigenvalue weighted by atomic mass is 9.91. The van der Waals surface area contributed by atoms with Crippen LogP contribution >= 0.6 is 0 Å². The van der Waals surface area contributed by atoms with Gasteiger partial charge < -0.3 is 15.3 Å². The van der Waals surface area contributed by atoms with Crippen LogP contribution in [0.4, 0.5) is 0 Å². The fourth-order valence-corrected chi connectivity index (χ4v) is 3.71. The molecule has 1 saturated heterocycles. The van der Waals surface area contributed by atoms with Gasteiger partial charge in [0.05, 0.1) is 18.6 Å². The number of aliphatic hydroxyl groups excluding tert-OH is 2. The fraction of sp³-hybridized carbons (Fsp3) is 0.947. The molecule has 1 rings (SSSR count). The molecule has 24 heavy (non-hydrogen) atoms. The predicted molar refractivity (Wildman–Crippen MR) is 96.1 cm³/mol. The molecule has 0 saturated carbocycles. The summed E-state index contributed by atoms with van der Waals surface area (Å²) in [5.41, 5.74) is 0. The Morgan fingerprint density at radius 1 is 1.08 bits per heavy atom. The molecule has 1 heterocycles. The topological polar surface area (TPSA) is 81.0 Å². The van der Waals surface area contributed by atoms with Crippen molar-refractivity contribution >= 4 is 5.97 Å². The van der Waals surface area contributed by atoms with Gasteiger partial charge in [0.2, 0.25) is 0 Å². The number of carboxylic acids is 1. The zero-order valence-electron chi connectivity index (χ0n) is 15.5. The molecule has 1 aliphatic rings. The van der Waals surface area contributed by atoms with Crippen LogP contribution in [0.5, 0.6) is 0 Å². The number of carboxylic acid groups (broad SMARTS) is 1. The zero-order chi connectivity index (χ0) is 17.9. The first kappa shape index (κ1) is 21.4. The van der Waals surface area contributed by atoms with Crippen molar-refractivity contribution in [2.45, 2.75) is 108 Å². The van der Waals surface area contributed by atoms with E-state index in [4.69, 9.17) is 5.11 Å². The minimum atomic E-state index is -0.921. The quantitative estimate of drug-likeness (QED) is 0.474. The molecule has 0 aromatic rings. The summed E-state index contributed by atoms with van der Waals surface area (Å²) in [4.78, 5) is 12.8. The van der Waals surface area contributed by atoms with Crippen molar-refractivity contribution < 1.29 is 20.1 Å². The van der Waals surface area contributed by atoms with Crippen molar-refractivity contribution in [1.29, 1.82) is 0 Å². The van der Waals surface area contributed by atoms with E-state index >= 15 is 0 Å². The Labute approximate surface area is 147 Å². The van der Waals surface area contributed by atoms with Gasteiger partial charge >= 0.3 is 5.97 Å². The molecular formula is C19H37NO4. The Kier molecular flexibility index (Phi) is 10.5. The predicted octanol–water partition coefficient (Wildman–Crippen LogP) is 3.18. The number of piperidine rings is 1. The first-order valence-electron chi connectivity index (χ1n) is 9.71. The van der Waals surface area contributed by atoms with Crippen molar-refractivity contribution in [3.05, 3.63) is 0 Å². The third-order valence-corrected chi connectivity index (χ3v) is 5.56. The maximum absolute atomic E-state index is 10.4. The van der Waals surface area contributed by atoms with Gasteiger partial charge in [-0.2, -0.15) is 0 Å². The molecule has 1 fully saturated rings. The first-order chi connectivity index (χ1) is 11.4. The number of rotatable bonds is 12. The maximum atomic E-state index is 10.4. The number of nitrogens with zero attached hydrogens (tertiary/aromatic N) is 1. The van der Waals surface area contributed by atoms with E-state index in [1.807, 2.05) is 0 Å². The average molecular weight is 344 g/mol. The number of carbonyl (C=O) groups is 1. The Bertz CT molecular complexity index is 350. The normalized spacial score (nSPS) is 26.4. The summed E-state index contributed by atoms with van der Waals surface area (Å²) in [6, 6.07) is 0.902. The smallest absolute Gasteiger partial charge is 0.305 e. The molecular weight excluding hydrogens is 306 g/mol. The largest absolute Gasteiger partial charge is 0.481 e. The Balaban J connectivity index is 1.93. The standard InChI is InChI=1S/C19H37NO4/c1-15-18(22)13-12-16(20(15)2)10-8-6-4-3-5-7-9-11-17(21)14-19(23)24/h15-18,21-22H,3-14H2,1-2H3,(H,23,24)/t15-,16+,17+,18+/m0/s1. The van der Waals surface area contributed by atoms with Crippen molar-refractivity contribution in [2.75, 3.05) is 7.05 Å². The summed E-state index contributed by atoms with van der Waals surface area (Å²) in [6.07, 6.45) is 11.1. The van der Waals surface area contributed by atoms with Crippen LogP contribution in [-0.4, -0.2) is 57.5 Å².